The third kappa shape index (κ3) is 7.16. The molecule has 0 aliphatic heterocycles. The lowest BCUT2D eigenvalue weighted by Crippen LogP contribution is -1.93. The highest BCUT2D eigenvalue weighted by atomic mass is 14.2. The monoisotopic (exact) mass is 836 g/mol. The second-order valence-electron chi connectivity index (χ2n) is 17.2. The Morgan fingerprint density at radius 1 is 0.152 bits per heavy atom. The lowest BCUT2D eigenvalue weighted by atomic mass is 9.83. The van der Waals surface area contributed by atoms with Gasteiger partial charge in [-0.1, -0.05) is 231 Å². The first kappa shape index (κ1) is 39.0. The van der Waals surface area contributed by atoms with E-state index in [9.17, 15) is 0 Å². The van der Waals surface area contributed by atoms with Crippen LogP contribution >= 0.6 is 0 Å². The van der Waals surface area contributed by atoms with Gasteiger partial charge in [0.15, 0.2) is 0 Å². The molecule has 0 unspecified atom stereocenters. The molecule has 66 heavy (non-hydrogen) atoms. The van der Waals surface area contributed by atoms with E-state index in [0.29, 0.717) is 0 Å². The molecule has 12 rings (SSSR count). The van der Waals surface area contributed by atoms with Crippen LogP contribution in [-0.2, 0) is 0 Å². The molecule has 0 amide bonds. The highest BCUT2D eigenvalue weighted by molar-refractivity contribution is 6.22. The largest absolute Gasteiger partial charge is 0.0622 e. The topological polar surface area (TPSA) is 0 Å². The maximum Gasteiger partial charge on any atom is -0.00259 e. The first-order chi connectivity index (χ1) is 32.7. The summed E-state index contributed by atoms with van der Waals surface area (Å²) >= 11 is 0. The maximum absolute atomic E-state index is 2.44. The summed E-state index contributed by atoms with van der Waals surface area (Å²) in [5.41, 5.74) is 19.2. The van der Waals surface area contributed by atoms with Crippen molar-refractivity contribution in [2.75, 3.05) is 0 Å². The molecule has 0 saturated carbocycles. The molecular formula is C66H44. The average Bonchev–Trinajstić information content (AvgIpc) is 3.40. The fraction of sp³-hybridized carbons (Fsp3) is 0. The van der Waals surface area contributed by atoms with Gasteiger partial charge in [0.2, 0.25) is 0 Å². The van der Waals surface area contributed by atoms with Crippen LogP contribution < -0.4 is 0 Å². The van der Waals surface area contributed by atoms with Crippen molar-refractivity contribution in [1.29, 1.82) is 0 Å². The molecular weight excluding hydrogens is 793 g/mol. The van der Waals surface area contributed by atoms with E-state index in [0.717, 1.165) is 0 Å². The van der Waals surface area contributed by atoms with E-state index < -0.39 is 0 Å². The van der Waals surface area contributed by atoms with Crippen molar-refractivity contribution >= 4 is 32.3 Å². The molecule has 0 heterocycles. The van der Waals surface area contributed by atoms with Crippen molar-refractivity contribution in [2.24, 2.45) is 0 Å². The van der Waals surface area contributed by atoms with Gasteiger partial charge in [-0.2, -0.15) is 0 Å². The summed E-state index contributed by atoms with van der Waals surface area (Å²) in [4.78, 5) is 0. The number of rotatable bonds is 8. The third-order valence-corrected chi connectivity index (χ3v) is 13.2. The van der Waals surface area contributed by atoms with Crippen molar-refractivity contribution in [3.63, 3.8) is 0 Å². The van der Waals surface area contributed by atoms with Crippen LogP contribution in [0.3, 0.4) is 0 Å². The predicted molar refractivity (Wildman–Crippen MR) is 282 cm³/mol. The van der Waals surface area contributed by atoms with E-state index >= 15 is 0 Å². The van der Waals surface area contributed by atoms with E-state index in [2.05, 4.69) is 267 Å². The number of hydrogen-bond donors (Lipinski definition) is 0. The van der Waals surface area contributed by atoms with Gasteiger partial charge in [0.25, 0.3) is 0 Å². The summed E-state index contributed by atoms with van der Waals surface area (Å²) in [7, 11) is 0. The molecule has 12 aromatic rings. The Kier molecular flexibility index (Phi) is 9.97. The minimum atomic E-state index is 1.17. The van der Waals surface area contributed by atoms with Crippen LogP contribution in [0.2, 0.25) is 0 Å². The molecule has 0 heteroatoms. The minimum Gasteiger partial charge on any atom is -0.0622 e. The molecule has 0 aliphatic rings. The lowest BCUT2D eigenvalue weighted by Gasteiger charge is -2.20. The molecule has 0 fully saturated rings. The van der Waals surface area contributed by atoms with Crippen molar-refractivity contribution in [1.82, 2.24) is 0 Å². The van der Waals surface area contributed by atoms with Gasteiger partial charge in [-0.25, -0.2) is 0 Å². The summed E-state index contributed by atoms with van der Waals surface area (Å²) in [6.45, 7) is 0. The zero-order chi connectivity index (χ0) is 43.8. The SMILES string of the molecule is c1ccc(-c2cccc(-c3cccc(-c4cc(-c5ccccc5-c5ccccc5-c5ccccc5)cc(-c5c6ccccc6c(-c6ccc7ccccc7c6)c6ccccc56)c4)c3)c2)cc1. The highest BCUT2D eigenvalue weighted by Gasteiger charge is 2.20. The molecule has 0 spiro atoms. The number of benzene rings is 12. The van der Waals surface area contributed by atoms with Gasteiger partial charge in [0.1, 0.15) is 0 Å². The maximum atomic E-state index is 2.44. The molecule has 0 aromatic heterocycles. The Hall–Kier alpha value is -8.58. The smallest absolute Gasteiger partial charge is 0.00259 e. The van der Waals surface area contributed by atoms with Gasteiger partial charge in [0.05, 0.1) is 0 Å². The van der Waals surface area contributed by atoms with Crippen LogP contribution in [0.25, 0.3) is 121 Å². The van der Waals surface area contributed by atoms with E-state index in [4.69, 9.17) is 0 Å². The van der Waals surface area contributed by atoms with Crippen molar-refractivity contribution in [3.8, 4) is 89.0 Å². The average molecular weight is 837 g/mol. The first-order valence-electron chi connectivity index (χ1n) is 22.8. The molecule has 0 nitrogen and oxygen atoms in total. The summed E-state index contributed by atoms with van der Waals surface area (Å²) in [6, 6.07) is 98.0. The lowest BCUT2D eigenvalue weighted by molar-refractivity contribution is 1.55. The Labute approximate surface area is 386 Å². The molecule has 308 valence electrons. The Bertz CT molecular complexity index is 3690. The summed E-state index contributed by atoms with van der Waals surface area (Å²) in [6.07, 6.45) is 0. The number of fused-ring (bicyclic) bond motifs is 3. The first-order valence-corrected chi connectivity index (χ1v) is 22.8. The zero-order valence-electron chi connectivity index (χ0n) is 36.4. The second kappa shape index (κ2) is 16.8. The van der Waals surface area contributed by atoms with Crippen LogP contribution in [0.1, 0.15) is 0 Å². The highest BCUT2D eigenvalue weighted by Crippen LogP contribution is 2.47. The van der Waals surface area contributed by atoms with E-state index in [1.165, 1.54) is 121 Å². The van der Waals surface area contributed by atoms with Crippen molar-refractivity contribution in [2.45, 2.75) is 0 Å². The van der Waals surface area contributed by atoms with Crippen LogP contribution in [0, 0.1) is 0 Å². The van der Waals surface area contributed by atoms with Crippen LogP contribution in [0.5, 0.6) is 0 Å². The van der Waals surface area contributed by atoms with Crippen LogP contribution in [-0.4, -0.2) is 0 Å². The van der Waals surface area contributed by atoms with Gasteiger partial charge in [-0.05, 0) is 158 Å². The summed E-state index contributed by atoms with van der Waals surface area (Å²) < 4.78 is 0. The number of hydrogen-bond acceptors (Lipinski definition) is 0. The minimum absolute atomic E-state index is 1.17. The fourth-order valence-corrected chi connectivity index (χ4v) is 10.1. The van der Waals surface area contributed by atoms with E-state index in [1.807, 2.05) is 0 Å². The summed E-state index contributed by atoms with van der Waals surface area (Å²) in [5, 5.41) is 7.44. The third-order valence-electron chi connectivity index (χ3n) is 13.2. The molecule has 0 radical (unpaired) electrons. The van der Waals surface area contributed by atoms with E-state index in [-0.39, 0.29) is 0 Å². The van der Waals surface area contributed by atoms with Crippen LogP contribution in [0.4, 0.5) is 0 Å². The van der Waals surface area contributed by atoms with Crippen molar-refractivity contribution in [3.05, 3.63) is 267 Å². The van der Waals surface area contributed by atoms with Crippen molar-refractivity contribution < 1.29 is 0 Å². The Morgan fingerprint density at radius 2 is 0.515 bits per heavy atom. The molecule has 12 aromatic carbocycles. The molecule has 0 N–H and O–H groups in total. The second-order valence-corrected chi connectivity index (χ2v) is 17.2. The van der Waals surface area contributed by atoms with Gasteiger partial charge < -0.3 is 0 Å². The van der Waals surface area contributed by atoms with Gasteiger partial charge in [0, 0.05) is 0 Å². The molecule has 0 atom stereocenters. The van der Waals surface area contributed by atoms with Gasteiger partial charge >= 0.3 is 0 Å². The predicted octanol–water partition coefficient (Wildman–Crippen LogP) is 18.5. The molecule has 0 aliphatic carbocycles. The van der Waals surface area contributed by atoms with Gasteiger partial charge in [-0.15, -0.1) is 0 Å². The standard InChI is InChI=1S/C66H44/c1-3-19-45(20-4-1)49-25-17-26-50(39-49)51-27-18-28-52(40-51)54-42-55(58-30-10-12-32-60(58)59-31-11-9-29-57(59)47-22-5-2-6-23-47)44-56(43-54)66-63-35-15-13-33-61(63)65(62-34-14-16-36-64(62)66)53-38-37-46-21-7-8-24-48(46)41-53/h1-44H. The molecule has 0 saturated heterocycles. The zero-order valence-corrected chi connectivity index (χ0v) is 36.4. The Morgan fingerprint density at radius 3 is 1.09 bits per heavy atom. The van der Waals surface area contributed by atoms with Crippen LogP contribution in [0.15, 0.2) is 267 Å². The normalized spacial score (nSPS) is 11.3. The fourth-order valence-electron chi connectivity index (χ4n) is 10.1. The quantitative estimate of drug-likeness (QED) is 0.134. The summed E-state index contributed by atoms with van der Waals surface area (Å²) in [5.74, 6) is 0. The molecule has 0 bridgehead atoms. The van der Waals surface area contributed by atoms with E-state index in [1.54, 1.807) is 0 Å². The Balaban J connectivity index is 1.10. The van der Waals surface area contributed by atoms with Gasteiger partial charge in [-0.3, -0.25) is 0 Å².